The molecule has 0 saturated carbocycles. The van der Waals surface area contributed by atoms with Crippen LogP contribution in [0.5, 0.6) is 5.88 Å². The maximum atomic E-state index is 9.19. The van der Waals surface area contributed by atoms with Crippen molar-refractivity contribution in [1.82, 2.24) is 14.7 Å². The number of aromatic nitrogens is 2. The van der Waals surface area contributed by atoms with Gasteiger partial charge >= 0.3 is 0 Å². The highest BCUT2D eigenvalue weighted by Crippen LogP contribution is 2.30. The summed E-state index contributed by atoms with van der Waals surface area (Å²) >= 11 is 0. The van der Waals surface area contributed by atoms with Crippen LogP contribution < -0.4 is 4.74 Å². The van der Waals surface area contributed by atoms with Crippen LogP contribution in [0.4, 0.5) is 0 Å². The first-order chi connectivity index (χ1) is 16.3. The van der Waals surface area contributed by atoms with E-state index in [1.807, 2.05) is 28.9 Å². The van der Waals surface area contributed by atoms with E-state index in [0.29, 0.717) is 18.7 Å². The minimum absolute atomic E-state index is 0.652. The first kappa shape index (κ1) is 27.6. The van der Waals surface area contributed by atoms with Gasteiger partial charge in [0.1, 0.15) is 6.61 Å². The summed E-state index contributed by atoms with van der Waals surface area (Å²) in [6.45, 7) is 8.37. The summed E-state index contributed by atoms with van der Waals surface area (Å²) in [6.07, 6.45) is 7.70. The average Bonchev–Trinajstić information content (AvgIpc) is 3.25. The van der Waals surface area contributed by atoms with Gasteiger partial charge in [-0.3, -0.25) is 9.45 Å². The van der Waals surface area contributed by atoms with E-state index in [4.69, 9.17) is 14.4 Å². The zero-order valence-electron chi connectivity index (χ0n) is 20.4. The third-order valence-corrected chi connectivity index (χ3v) is 5.09. The third-order valence-electron chi connectivity index (χ3n) is 5.09. The molecule has 34 heavy (non-hydrogen) atoms. The SMILES string of the molecule is CCCCN(CCCC)CCOc1nn(-c2ccccc2)cc1-c1ccccc1.CS(=O)(=O)O. The van der Waals surface area contributed by atoms with E-state index in [9.17, 15) is 8.42 Å². The highest BCUT2D eigenvalue weighted by molar-refractivity contribution is 7.85. The van der Waals surface area contributed by atoms with Gasteiger partial charge in [-0.1, -0.05) is 75.2 Å². The van der Waals surface area contributed by atoms with Crippen molar-refractivity contribution in [3.8, 4) is 22.7 Å². The molecule has 0 aliphatic carbocycles. The Balaban J connectivity index is 0.000000739. The Bertz CT molecular complexity index is 1040. The largest absolute Gasteiger partial charge is 0.475 e. The maximum absolute atomic E-state index is 9.19. The Kier molecular flexibility index (Phi) is 11.8. The zero-order chi connectivity index (χ0) is 24.8. The van der Waals surface area contributed by atoms with Gasteiger partial charge < -0.3 is 4.74 Å². The van der Waals surface area contributed by atoms with Gasteiger partial charge in [0.05, 0.1) is 17.5 Å². The zero-order valence-corrected chi connectivity index (χ0v) is 21.2. The summed E-state index contributed by atoms with van der Waals surface area (Å²) in [7, 11) is -3.67. The topological polar surface area (TPSA) is 84.7 Å². The summed E-state index contributed by atoms with van der Waals surface area (Å²) in [5.41, 5.74) is 3.19. The minimum Gasteiger partial charge on any atom is -0.475 e. The van der Waals surface area contributed by atoms with Gasteiger partial charge in [0.2, 0.25) is 5.88 Å². The first-order valence-corrected chi connectivity index (χ1v) is 13.6. The molecule has 3 aromatic rings. The molecule has 0 atom stereocenters. The van der Waals surface area contributed by atoms with Crippen LogP contribution >= 0.6 is 0 Å². The van der Waals surface area contributed by atoms with Crippen LogP contribution in [-0.4, -0.2) is 60.1 Å². The van der Waals surface area contributed by atoms with Crippen molar-refractivity contribution in [2.24, 2.45) is 0 Å². The molecule has 1 aromatic heterocycles. The third kappa shape index (κ3) is 10.5. The van der Waals surface area contributed by atoms with E-state index in [1.165, 1.54) is 25.7 Å². The predicted molar refractivity (Wildman–Crippen MR) is 138 cm³/mol. The lowest BCUT2D eigenvalue weighted by atomic mass is 10.1. The van der Waals surface area contributed by atoms with Crippen LogP contribution in [0.15, 0.2) is 66.9 Å². The molecule has 0 aliphatic heterocycles. The molecule has 0 amide bonds. The van der Waals surface area contributed by atoms with E-state index in [1.54, 1.807) is 0 Å². The summed E-state index contributed by atoms with van der Waals surface area (Å²) in [5, 5.41) is 4.75. The van der Waals surface area contributed by atoms with Crippen LogP contribution in [-0.2, 0) is 10.1 Å². The van der Waals surface area contributed by atoms with Crippen molar-refractivity contribution in [2.75, 3.05) is 32.5 Å². The van der Waals surface area contributed by atoms with Crippen molar-refractivity contribution in [3.63, 3.8) is 0 Å². The first-order valence-electron chi connectivity index (χ1n) is 11.8. The Morgan fingerprint density at radius 3 is 1.97 bits per heavy atom. The number of nitrogens with zero attached hydrogens (tertiary/aromatic N) is 3. The molecule has 7 nitrogen and oxygen atoms in total. The van der Waals surface area contributed by atoms with E-state index in [-0.39, 0.29) is 0 Å². The second kappa shape index (κ2) is 14.6. The number of ether oxygens (including phenoxy) is 1. The van der Waals surface area contributed by atoms with Crippen molar-refractivity contribution < 1.29 is 17.7 Å². The maximum Gasteiger partial charge on any atom is 0.261 e. The molecule has 0 unspecified atom stereocenters. The Morgan fingerprint density at radius 2 is 1.44 bits per heavy atom. The van der Waals surface area contributed by atoms with Gasteiger partial charge in [-0.15, -0.1) is 5.10 Å². The second-order valence-electron chi connectivity index (χ2n) is 8.12. The lowest BCUT2D eigenvalue weighted by Gasteiger charge is -2.21. The van der Waals surface area contributed by atoms with Crippen LogP contribution in [0.2, 0.25) is 0 Å². The van der Waals surface area contributed by atoms with Crippen LogP contribution in [0.3, 0.4) is 0 Å². The Labute approximate surface area is 204 Å². The van der Waals surface area contributed by atoms with Gasteiger partial charge in [-0.25, -0.2) is 4.68 Å². The molecule has 0 fully saturated rings. The van der Waals surface area contributed by atoms with Crippen LogP contribution in [0.25, 0.3) is 16.8 Å². The smallest absolute Gasteiger partial charge is 0.261 e. The highest BCUT2D eigenvalue weighted by atomic mass is 32.2. The average molecular weight is 488 g/mol. The molecule has 0 saturated heterocycles. The fraction of sp³-hybridized carbons (Fsp3) is 0.423. The number of rotatable bonds is 12. The van der Waals surface area contributed by atoms with E-state index in [0.717, 1.165) is 36.4 Å². The fourth-order valence-corrected chi connectivity index (χ4v) is 3.36. The van der Waals surface area contributed by atoms with Crippen molar-refractivity contribution in [3.05, 3.63) is 66.9 Å². The Hall–Kier alpha value is -2.68. The van der Waals surface area contributed by atoms with Crippen molar-refractivity contribution in [2.45, 2.75) is 39.5 Å². The second-order valence-corrected chi connectivity index (χ2v) is 9.59. The lowest BCUT2D eigenvalue weighted by molar-refractivity contribution is 0.200. The molecule has 8 heteroatoms. The number of benzene rings is 2. The molecular weight excluding hydrogens is 450 g/mol. The standard InChI is InChI=1S/C25H33N3O.CH4O3S/c1-3-5-17-27(18-6-4-2)19-20-29-25-24(22-13-9-7-10-14-22)21-28(26-25)23-15-11-8-12-16-23;1-5(2,3)4/h7-16,21H,3-6,17-20H2,1-2H3;1H3,(H,2,3,4). The van der Waals surface area contributed by atoms with Gasteiger partial charge in [0.25, 0.3) is 10.1 Å². The van der Waals surface area contributed by atoms with Crippen LogP contribution in [0, 0.1) is 0 Å². The van der Waals surface area contributed by atoms with Crippen molar-refractivity contribution >= 4 is 10.1 Å². The summed E-state index contributed by atoms with van der Waals surface area (Å²) < 4.78 is 34.0. The van der Waals surface area contributed by atoms with Gasteiger partial charge in [0, 0.05) is 12.7 Å². The van der Waals surface area contributed by atoms with Crippen molar-refractivity contribution in [1.29, 1.82) is 0 Å². The molecule has 0 spiro atoms. The molecular formula is C26H37N3O4S. The normalized spacial score (nSPS) is 11.2. The molecule has 0 radical (unpaired) electrons. The fourth-order valence-electron chi connectivity index (χ4n) is 3.36. The Morgan fingerprint density at radius 1 is 0.912 bits per heavy atom. The molecule has 3 rings (SSSR count). The molecule has 186 valence electrons. The minimum atomic E-state index is -3.67. The highest BCUT2D eigenvalue weighted by Gasteiger charge is 2.14. The lowest BCUT2D eigenvalue weighted by Crippen LogP contribution is -2.30. The molecule has 0 bridgehead atoms. The predicted octanol–water partition coefficient (Wildman–Crippen LogP) is 5.32. The van der Waals surface area contributed by atoms with Crippen LogP contribution in [0.1, 0.15) is 39.5 Å². The number of para-hydroxylation sites is 1. The summed E-state index contributed by atoms with van der Waals surface area (Å²) in [6, 6.07) is 20.5. The number of hydrogen-bond donors (Lipinski definition) is 1. The van der Waals surface area contributed by atoms with Gasteiger partial charge in [-0.2, -0.15) is 8.42 Å². The molecule has 1 N–H and O–H groups in total. The molecule has 0 aliphatic rings. The quantitative estimate of drug-likeness (QED) is 0.348. The molecule has 1 heterocycles. The molecule has 2 aromatic carbocycles. The number of unbranched alkanes of at least 4 members (excludes halogenated alkanes) is 2. The van der Waals surface area contributed by atoms with Gasteiger partial charge in [0.15, 0.2) is 0 Å². The van der Waals surface area contributed by atoms with E-state index in [2.05, 4.69) is 61.3 Å². The van der Waals surface area contributed by atoms with Gasteiger partial charge in [-0.05, 0) is 43.6 Å². The number of hydrogen-bond acceptors (Lipinski definition) is 5. The monoisotopic (exact) mass is 487 g/mol. The summed E-state index contributed by atoms with van der Waals surface area (Å²) in [4.78, 5) is 2.52. The summed E-state index contributed by atoms with van der Waals surface area (Å²) in [5.74, 6) is 0.700. The van der Waals surface area contributed by atoms with E-state index < -0.39 is 10.1 Å². The van der Waals surface area contributed by atoms with E-state index >= 15 is 0 Å².